The van der Waals surface area contributed by atoms with E-state index in [1.165, 1.54) is 7.11 Å². The van der Waals surface area contributed by atoms with Crippen LogP contribution in [0.4, 0.5) is 0 Å². The topological polar surface area (TPSA) is 61.2 Å². The zero-order chi connectivity index (χ0) is 14.4. The van der Waals surface area contributed by atoms with Crippen molar-refractivity contribution in [3.8, 4) is 17.1 Å². The number of Topliss-reactive ketones (excluding diaryl/α,β-unsaturated/α-hetero) is 2. The summed E-state index contributed by atoms with van der Waals surface area (Å²) in [5, 5.41) is 4.31. The molecule has 0 saturated heterocycles. The van der Waals surface area contributed by atoms with Gasteiger partial charge in [-0.25, -0.2) is 0 Å². The molecular weight excluding hydrogens is 256 g/mol. The summed E-state index contributed by atoms with van der Waals surface area (Å²) in [6.07, 6.45) is 0. The molecule has 0 atom stereocenters. The van der Waals surface area contributed by atoms with E-state index in [0.29, 0.717) is 11.3 Å². The van der Waals surface area contributed by atoms with Crippen LogP contribution in [0, 0.1) is 0 Å². The van der Waals surface area contributed by atoms with Gasteiger partial charge in [-0.05, 0) is 13.8 Å². The maximum Gasteiger partial charge on any atom is 0.244 e. The van der Waals surface area contributed by atoms with Gasteiger partial charge in [0.25, 0.3) is 0 Å². The predicted octanol–water partition coefficient (Wildman–Crippen LogP) is 2.52. The van der Waals surface area contributed by atoms with Crippen LogP contribution in [-0.2, 0) is 0 Å². The average Bonchev–Trinajstić information content (AvgIpc) is 2.84. The largest absolute Gasteiger partial charge is 0.479 e. The number of methoxy groups -OCH3 is 1. The van der Waals surface area contributed by atoms with Crippen molar-refractivity contribution in [1.82, 2.24) is 9.78 Å². The molecule has 20 heavy (non-hydrogen) atoms. The molecule has 1 aromatic carbocycles. The molecule has 0 N–H and O–H groups in total. The average molecular weight is 270 g/mol. The van der Waals surface area contributed by atoms with Crippen LogP contribution in [0.1, 0.15) is 40.6 Å². The number of hydrogen-bond acceptors (Lipinski definition) is 4. The van der Waals surface area contributed by atoms with Crippen LogP contribution in [0.2, 0.25) is 0 Å². The van der Waals surface area contributed by atoms with Gasteiger partial charge in [-0.3, -0.25) is 14.3 Å². The fraction of sp³-hybridized carbons (Fsp3) is 0.267. The first kappa shape index (κ1) is 12.6. The van der Waals surface area contributed by atoms with E-state index in [0.717, 1.165) is 5.56 Å². The lowest BCUT2D eigenvalue weighted by Gasteiger charge is -2.17. The van der Waals surface area contributed by atoms with Crippen LogP contribution >= 0.6 is 0 Å². The minimum atomic E-state index is -0.553. The Morgan fingerprint density at radius 2 is 1.75 bits per heavy atom. The summed E-state index contributed by atoms with van der Waals surface area (Å²) in [6, 6.07) is 7.15. The molecule has 0 spiro atoms. The number of rotatable bonds is 2. The third kappa shape index (κ3) is 1.52. The Kier molecular flexibility index (Phi) is 2.71. The summed E-state index contributed by atoms with van der Waals surface area (Å²) < 4.78 is 6.91. The SMILES string of the molecule is COc1nn(C(C)C)c2c1C(=O)C(=O)c1ccccc1-2. The summed E-state index contributed by atoms with van der Waals surface area (Å²) in [5.41, 5.74) is 2.09. The summed E-state index contributed by atoms with van der Waals surface area (Å²) in [6.45, 7) is 3.94. The predicted molar refractivity (Wildman–Crippen MR) is 73.3 cm³/mol. The Bertz CT molecular complexity index is 729. The first-order chi connectivity index (χ1) is 9.56. The van der Waals surface area contributed by atoms with E-state index in [-0.39, 0.29) is 17.5 Å². The van der Waals surface area contributed by atoms with Crippen molar-refractivity contribution in [3.05, 3.63) is 35.4 Å². The summed E-state index contributed by atoms with van der Waals surface area (Å²) in [5.74, 6) is -0.848. The number of nitrogens with zero attached hydrogens (tertiary/aromatic N) is 2. The van der Waals surface area contributed by atoms with Gasteiger partial charge >= 0.3 is 0 Å². The van der Waals surface area contributed by atoms with E-state index >= 15 is 0 Å². The maximum absolute atomic E-state index is 12.3. The van der Waals surface area contributed by atoms with Crippen molar-refractivity contribution in [3.63, 3.8) is 0 Å². The van der Waals surface area contributed by atoms with Crippen LogP contribution in [0.15, 0.2) is 24.3 Å². The summed E-state index contributed by atoms with van der Waals surface area (Å²) >= 11 is 0. The van der Waals surface area contributed by atoms with Crippen LogP contribution < -0.4 is 4.74 Å². The second-order valence-corrected chi connectivity index (χ2v) is 4.98. The Balaban J connectivity index is 2.41. The molecule has 2 aromatic rings. The van der Waals surface area contributed by atoms with Crippen molar-refractivity contribution in [2.45, 2.75) is 19.9 Å². The molecule has 0 amide bonds. The van der Waals surface area contributed by atoms with Gasteiger partial charge in [0, 0.05) is 17.2 Å². The maximum atomic E-state index is 12.3. The number of fused-ring (bicyclic) bond motifs is 3. The van der Waals surface area contributed by atoms with Gasteiger partial charge in [-0.1, -0.05) is 24.3 Å². The molecule has 102 valence electrons. The monoisotopic (exact) mass is 270 g/mol. The fourth-order valence-electron chi connectivity index (χ4n) is 2.52. The number of ketones is 2. The smallest absolute Gasteiger partial charge is 0.244 e. The molecule has 0 bridgehead atoms. The summed E-state index contributed by atoms with van der Waals surface area (Å²) in [7, 11) is 1.45. The third-order valence-electron chi connectivity index (χ3n) is 3.42. The quantitative estimate of drug-likeness (QED) is 0.787. The number of carbonyl (C=O) groups excluding carboxylic acids is 2. The molecule has 0 unspecified atom stereocenters. The minimum Gasteiger partial charge on any atom is -0.479 e. The van der Waals surface area contributed by atoms with Crippen molar-refractivity contribution in [2.24, 2.45) is 0 Å². The second kappa shape index (κ2) is 4.30. The van der Waals surface area contributed by atoms with Crippen LogP contribution in [0.5, 0.6) is 5.88 Å². The van der Waals surface area contributed by atoms with E-state index in [1.54, 1.807) is 16.8 Å². The van der Waals surface area contributed by atoms with Gasteiger partial charge in [0.15, 0.2) is 0 Å². The first-order valence-corrected chi connectivity index (χ1v) is 6.41. The Morgan fingerprint density at radius 1 is 1.10 bits per heavy atom. The molecule has 5 nitrogen and oxygen atoms in total. The van der Waals surface area contributed by atoms with Gasteiger partial charge in [0.1, 0.15) is 5.56 Å². The molecule has 5 heteroatoms. The lowest BCUT2D eigenvalue weighted by molar-refractivity contribution is 0.0813. The minimum absolute atomic E-state index is 0.0571. The molecule has 0 aliphatic heterocycles. The number of carbonyl (C=O) groups is 2. The third-order valence-corrected chi connectivity index (χ3v) is 3.42. The van der Waals surface area contributed by atoms with Gasteiger partial charge < -0.3 is 4.74 Å². The van der Waals surface area contributed by atoms with Gasteiger partial charge in [-0.15, -0.1) is 5.10 Å². The van der Waals surface area contributed by atoms with E-state index < -0.39 is 11.6 Å². The standard InChI is InChI=1S/C15H14N2O3/c1-8(2)17-12-9-6-4-5-7-10(9)13(18)14(19)11(12)15(16-17)20-3/h4-8H,1-3H3. The van der Waals surface area contributed by atoms with Crippen molar-refractivity contribution >= 4 is 11.6 Å². The van der Waals surface area contributed by atoms with Crippen LogP contribution in [0.25, 0.3) is 11.3 Å². The zero-order valence-corrected chi connectivity index (χ0v) is 11.5. The van der Waals surface area contributed by atoms with Gasteiger partial charge in [0.05, 0.1) is 12.8 Å². The lowest BCUT2D eigenvalue weighted by Crippen LogP contribution is -2.22. The highest BCUT2D eigenvalue weighted by atomic mass is 16.5. The van der Waals surface area contributed by atoms with E-state index in [9.17, 15) is 9.59 Å². The van der Waals surface area contributed by atoms with Gasteiger partial charge in [0.2, 0.25) is 17.4 Å². The van der Waals surface area contributed by atoms with E-state index in [4.69, 9.17) is 4.74 Å². The normalized spacial score (nSPS) is 13.4. The first-order valence-electron chi connectivity index (χ1n) is 6.41. The highest BCUT2D eigenvalue weighted by Gasteiger charge is 2.37. The molecule has 0 saturated carbocycles. The Morgan fingerprint density at radius 3 is 2.35 bits per heavy atom. The molecule has 0 radical (unpaired) electrons. The van der Waals surface area contributed by atoms with Crippen molar-refractivity contribution in [2.75, 3.05) is 7.11 Å². The second-order valence-electron chi connectivity index (χ2n) is 4.98. The van der Waals surface area contributed by atoms with Crippen LogP contribution in [-0.4, -0.2) is 28.5 Å². The lowest BCUT2D eigenvalue weighted by atomic mass is 9.88. The van der Waals surface area contributed by atoms with E-state index in [2.05, 4.69) is 5.10 Å². The zero-order valence-electron chi connectivity index (χ0n) is 11.5. The fourth-order valence-corrected chi connectivity index (χ4v) is 2.52. The number of ether oxygens (including phenoxy) is 1. The Hall–Kier alpha value is -2.43. The summed E-state index contributed by atoms with van der Waals surface area (Å²) in [4.78, 5) is 24.5. The molecule has 0 fully saturated rings. The highest BCUT2D eigenvalue weighted by molar-refractivity contribution is 6.53. The highest BCUT2D eigenvalue weighted by Crippen LogP contribution is 2.39. The molecule has 1 aromatic heterocycles. The molecule has 1 heterocycles. The van der Waals surface area contributed by atoms with Gasteiger partial charge in [-0.2, -0.15) is 0 Å². The molecular formula is C15H14N2O3. The number of aromatic nitrogens is 2. The Labute approximate surface area is 116 Å². The van der Waals surface area contributed by atoms with Crippen LogP contribution in [0.3, 0.4) is 0 Å². The van der Waals surface area contributed by atoms with Crippen molar-refractivity contribution in [1.29, 1.82) is 0 Å². The molecule has 1 aliphatic rings. The van der Waals surface area contributed by atoms with E-state index in [1.807, 2.05) is 26.0 Å². The number of hydrogen-bond donors (Lipinski definition) is 0. The van der Waals surface area contributed by atoms with Crippen molar-refractivity contribution < 1.29 is 14.3 Å². The molecule has 3 rings (SSSR count). The number of benzene rings is 1. The molecule has 1 aliphatic carbocycles.